The molecule has 0 radical (unpaired) electrons. The second-order valence-corrected chi connectivity index (χ2v) is 7.78. The molecule has 7 heteroatoms. The van der Waals surface area contributed by atoms with Crippen molar-refractivity contribution in [2.45, 2.75) is 24.4 Å². The van der Waals surface area contributed by atoms with Gasteiger partial charge in [0.15, 0.2) is 11.6 Å². The summed E-state index contributed by atoms with van der Waals surface area (Å²) in [7, 11) is 0. The summed E-state index contributed by atoms with van der Waals surface area (Å²) in [4.78, 5) is 15.1. The fraction of sp³-hybridized carbons (Fsp3) is 0.381. The molecule has 150 valence electrons. The largest absolute Gasteiger partial charge is 0.379 e. The number of ether oxygens (including phenoxy) is 1. The van der Waals surface area contributed by atoms with Gasteiger partial charge in [0.25, 0.3) is 0 Å². The van der Waals surface area contributed by atoms with E-state index in [1.54, 1.807) is 0 Å². The molecule has 4 nitrogen and oxygen atoms in total. The van der Waals surface area contributed by atoms with Gasteiger partial charge in [-0.25, -0.2) is 8.78 Å². The maximum absolute atomic E-state index is 13.2. The lowest BCUT2D eigenvalue weighted by atomic mass is 10.1. The summed E-state index contributed by atoms with van der Waals surface area (Å²) < 4.78 is 31.5. The third-order valence-corrected chi connectivity index (χ3v) is 5.58. The molecular formula is C21H24F2N2O2S. The van der Waals surface area contributed by atoms with Crippen LogP contribution in [0.2, 0.25) is 0 Å². The van der Waals surface area contributed by atoms with Crippen LogP contribution >= 0.6 is 11.8 Å². The minimum absolute atomic E-state index is 0.0590. The first kappa shape index (κ1) is 20.8. The molecule has 0 spiro atoms. The van der Waals surface area contributed by atoms with Crippen molar-refractivity contribution in [1.82, 2.24) is 10.2 Å². The van der Waals surface area contributed by atoms with Crippen LogP contribution < -0.4 is 5.32 Å². The van der Waals surface area contributed by atoms with Gasteiger partial charge < -0.3 is 10.1 Å². The van der Waals surface area contributed by atoms with E-state index in [9.17, 15) is 13.6 Å². The van der Waals surface area contributed by atoms with Crippen LogP contribution in [0.3, 0.4) is 0 Å². The van der Waals surface area contributed by atoms with Gasteiger partial charge in [0.2, 0.25) is 5.91 Å². The SMILES string of the molecule is O=C(CCSc1ccc(F)c(F)c1)NCc1ccccc1CN1CCOCC1. The average molecular weight is 406 g/mol. The molecular weight excluding hydrogens is 382 g/mol. The highest BCUT2D eigenvalue weighted by molar-refractivity contribution is 7.99. The topological polar surface area (TPSA) is 41.6 Å². The van der Waals surface area contributed by atoms with E-state index >= 15 is 0 Å². The van der Waals surface area contributed by atoms with Gasteiger partial charge in [-0.15, -0.1) is 11.8 Å². The Balaban J connectivity index is 1.44. The zero-order valence-corrected chi connectivity index (χ0v) is 16.4. The highest BCUT2D eigenvalue weighted by Gasteiger charge is 2.13. The number of nitrogens with one attached hydrogen (secondary N) is 1. The molecule has 0 aliphatic carbocycles. The number of amides is 1. The number of benzene rings is 2. The fourth-order valence-electron chi connectivity index (χ4n) is 2.99. The fourth-order valence-corrected chi connectivity index (χ4v) is 3.87. The maximum atomic E-state index is 13.2. The average Bonchev–Trinajstić information content (AvgIpc) is 2.71. The van der Waals surface area contributed by atoms with Gasteiger partial charge >= 0.3 is 0 Å². The van der Waals surface area contributed by atoms with Gasteiger partial charge in [-0.05, 0) is 29.3 Å². The van der Waals surface area contributed by atoms with Gasteiger partial charge in [-0.2, -0.15) is 0 Å². The predicted molar refractivity (Wildman–Crippen MR) is 106 cm³/mol. The number of morpholine rings is 1. The van der Waals surface area contributed by atoms with E-state index in [1.807, 2.05) is 18.2 Å². The molecule has 0 saturated carbocycles. The van der Waals surface area contributed by atoms with E-state index in [2.05, 4.69) is 16.3 Å². The van der Waals surface area contributed by atoms with Crippen LogP contribution in [0.1, 0.15) is 17.5 Å². The number of hydrogen-bond donors (Lipinski definition) is 1. The standard InChI is InChI=1S/C21H24F2N2O2S/c22-19-6-5-18(13-20(19)23)28-12-7-21(26)24-14-16-3-1-2-4-17(16)15-25-8-10-27-11-9-25/h1-6,13H,7-12,14-15H2,(H,24,26). The first-order valence-electron chi connectivity index (χ1n) is 9.33. The Morgan fingerprint density at radius 3 is 2.57 bits per heavy atom. The minimum Gasteiger partial charge on any atom is -0.379 e. The normalized spacial score (nSPS) is 14.8. The molecule has 0 atom stereocenters. The zero-order valence-electron chi connectivity index (χ0n) is 15.6. The van der Waals surface area contributed by atoms with Crippen molar-refractivity contribution in [1.29, 1.82) is 0 Å². The van der Waals surface area contributed by atoms with Crippen LogP contribution in [0, 0.1) is 11.6 Å². The zero-order chi connectivity index (χ0) is 19.8. The molecule has 1 aliphatic rings. The van der Waals surface area contributed by atoms with E-state index in [0.29, 0.717) is 23.6 Å². The van der Waals surface area contributed by atoms with E-state index < -0.39 is 11.6 Å². The molecule has 1 amide bonds. The van der Waals surface area contributed by atoms with Crippen molar-refractivity contribution >= 4 is 17.7 Å². The predicted octanol–water partition coefficient (Wildman–Crippen LogP) is 3.60. The van der Waals surface area contributed by atoms with Crippen LogP contribution in [-0.2, 0) is 22.6 Å². The monoisotopic (exact) mass is 406 g/mol. The summed E-state index contributed by atoms with van der Waals surface area (Å²) in [5.41, 5.74) is 2.32. The number of thioether (sulfide) groups is 1. The summed E-state index contributed by atoms with van der Waals surface area (Å²) in [6, 6.07) is 11.9. The molecule has 0 aromatic heterocycles. The number of hydrogen-bond acceptors (Lipinski definition) is 4. The molecule has 0 unspecified atom stereocenters. The second kappa shape index (κ2) is 10.5. The van der Waals surface area contributed by atoms with E-state index in [1.165, 1.54) is 23.4 Å². The number of carbonyl (C=O) groups excluding carboxylic acids is 1. The smallest absolute Gasteiger partial charge is 0.221 e. The molecule has 1 fully saturated rings. The highest BCUT2D eigenvalue weighted by Crippen LogP contribution is 2.21. The van der Waals surface area contributed by atoms with Crippen molar-refractivity contribution in [3.63, 3.8) is 0 Å². The molecule has 1 saturated heterocycles. The van der Waals surface area contributed by atoms with Crippen LogP contribution in [-0.4, -0.2) is 42.9 Å². The Hall–Kier alpha value is -1.96. The summed E-state index contributed by atoms with van der Waals surface area (Å²) in [6.07, 6.45) is 0.315. The third-order valence-electron chi connectivity index (χ3n) is 4.58. The quantitative estimate of drug-likeness (QED) is 0.681. The highest BCUT2D eigenvalue weighted by atomic mass is 32.2. The Bertz CT molecular complexity index is 798. The van der Waals surface area contributed by atoms with Gasteiger partial charge in [-0.3, -0.25) is 9.69 Å². The molecule has 2 aromatic rings. The molecule has 1 aliphatic heterocycles. The lowest BCUT2D eigenvalue weighted by molar-refractivity contribution is -0.120. The van der Waals surface area contributed by atoms with Crippen LogP contribution in [0.15, 0.2) is 47.4 Å². The molecule has 1 N–H and O–H groups in total. The first-order valence-corrected chi connectivity index (χ1v) is 10.3. The van der Waals surface area contributed by atoms with Crippen molar-refractivity contribution in [3.8, 4) is 0 Å². The first-order chi connectivity index (χ1) is 13.6. The molecule has 3 rings (SSSR count). The minimum atomic E-state index is -0.869. The van der Waals surface area contributed by atoms with Gasteiger partial charge in [0.1, 0.15) is 0 Å². The summed E-state index contributed by atoms with van der Waals surface area (Å²) in [5.74, 6) is -1.28. The summed E-state index contributed by atoms with van der Waals surface area (Å²) in [5, 5.41) is 2.95. The Morgan fingerprint density at radius 2 is 1.82 bits per heavy atom. The van der Waals surface area contributed by atoms with E-state index in [0.717, 1.165) is 50.5 Å². The Morgan fingerprint density at radius 1 is 1.07 bits per heavy atom. The molecule has 1 heterocycles. The molecule has 0 bridgehead atoms. The molecule has 2 aromatic carbocycles. The van der Waals surface area contributed by atoms with Crippen molar-refractivity contribution in [3.05, 3.63) is 65.2 Å². The Labute approximate surface area is 168 Å². The molecule has 28 heavy (non-hydrogen) atoms. The van der Waals surface area contributed by atoms with Crippen LogP contribution in [0.25, 0.3) is 0 Å². The Kier molecular flexibility index (Phi) is 7.82. The van der Waals surface area contributed by atoms with Crippen molar-refractivity contribution in [2.24, 2.45) is 0 Å². The van der Waals surface area contributed by atoms with Crippen molar-refractivity contribution < 1.29 is 18.3 Å². The van der Waals surface area contributed by atoms with Crippen LogP contribution in [0.5, 0.6) is 0 Å². The van der Waals surface area contributed by atoms with E-state index in [4.69, 9.17) is 4.74 Å². The summed E-state index contributed by atoms with van der Waals surface area (Å²) in [6.45, 7) is 4.68. The van der Waals surface area contributed by atoms with E-state index in [-0.39, 0.29) is 5.91 Å². The van der Waals surface area contributed by atoms with Gasteiger partial charge in [0.05, 0.1) is 13.2 Å². The lowest BCUT2D eigenvalue weighted by Crippen LogP contribution is -2.36. The summed E-state index contributed by atoms with van der Waals surface area (Å²) >= 11 is 1.33. The number of halogens is 2. The maximum Gasteiger partial charge on any atom is 0.221 e. The third kappa shape index (κ3) is 6.29. The van der Waals surface area contributed by atoms with Crippen LogP contribution in [0.4, 0.5) is 8.78 Å². The van der Waals surface area contributed by atoms with Gasteiger partial charge in [-0.1, -0.05) is 24.3 Å². The number of nitrogens with zero attached hydrogens (tertiary/aromatic N) is 1. The number of carbonyl (C=O) groups is 1. The lowest BCUT2D eigenvalue weighted by Gasteiger charge is -2.27. The van der Waals surface area contributed by atoms with Gasteiger partial charge in [0, 0.05) is 43.2 Å². The van der Waals surface area contributed by atoms with Crippen molar-refractivity contribution in [2.75, 3.05) is 32.1 Å². The second-order valence-electron chi connectivity index (χ2n) is 6.61. The number of rotatable bonds is 8.